The van der Waals surface area contributed by atoms with Gasteiger partial charge in [-0.15, -0.1) is 11.8 Å². The van der Waals surface area contributed by atoms with Gasteiger partial charge in [-0.05, 0) is 18.3 Å². The molecule has 2 nitrogen and oxygen atoms in total. The maximum Gasteiger partial charge on any atom is 0.159 e. The van der Waals surface area contributed by atoms with Gasteiger partial charge in [0.15, 0.2) is 9.84 Å². The molecule has 1 fully saturated rings. The van der Waals surface area contributed by atoms with Gasteiger partial charge in [0.25, 0.3) is 0 Å². The Balaban J connectivity index is 2.66. The highest BCUT2D eigenvalue weighted by Crippen LogP contribution is 2.44. The Hall–Kier alpha value is 0.300. The molecule has 1 saturated heterocycles. The van der Waals surface area contributed by atoms with Gasteiger partial charge in [-0.3, -0.25) is 0 Å². The molecule has 0 spiro atoms. The molecule has 0 aromatic rings. The highest BCUT2D eigenvalue weighted by atomic mass is 32.3. The van der Waals surface area contributed by atoms with Crippen LogP contribution in [-0.4, -0.2) is 24.5 Å². The second-order valence-electron chi connectivity index (χ2n) is 4.83. The Bertz CT molecular complexity index is 274. The van der Waals surface area contributed by atoms with Crippen molar-refractivity contribution in [2.75, 3.05) is 6.26 Å². The largest absolute Gasteiger partial charge is 0.228 e. The van der Waals surface area contributed by atoms with Crippen LogP contribution in [0.1, 0.15) is 33.6 Å². The van der Waals surface area contributed by atoms with Crippen LogP contribution >= 0.6 is 11.8 Å². The number of hydrogen-bond acceptors (Lipinski definition) is 3. The van der Waals surface area contributed by atoms with Crippen LogP contribution in [0.25, 0.3) is 0 Å². The van der Waals surface area contributed by atoms with Crippen LogP contribution in [-0.2, 0) is 9.84 Å². The summed E-state index contributed by atoms with van der Waals surface area (Å²) in [6.45, 7) is 6.53. The zero-order valence-electron chi connectivity index (χ0n) is 8.70. The van der Waals surface area contributed by atoms with Crippen molar-refractivity contribution in [1.82, 2.24) is 0 Å². The lowest BCUT2D eigenvalue weighted by Gasteiger charge is -2.25. The van der Waals surface area contributed by atoms with E-state index in [1.54, 1.807) is 11.8 Å². The molecule has 1 aliphatic rings. The molecule has 2 atom stereocenters. The van der Waals surface area contributed by atoms with E-state index in [0.717, 1.165) is 12.8 Å². The average molecular weight is 222 g/mol. The van der Waals surface area contributed by atoms with Gasteiger partial charge in [0.1, 0.15) is 4.58 Å². The Morgan fingerprint density at radius 3 is 2.00 bits per heavy atom. The lowest BCUT2D eigenvalue weighted by atomic mass is 9.89. The van der Waals surface area contributed by atoms with Crippen molar-refractivity contribution < 1.29 is 8.42 Å². The van der Waals surface area contributed by atoms with Crippen molar-refractivity contribution in [3.05, 3.63) is 0 Å². The van der Waals surface area contributed by atoms with Gasteiger partial charge < -0.3 is 0 Å². The molecule has 0 radical (unpaired) electrons. The maximum atomic E-state index is 11.3. The molecular formula is C9H18O2S2. The van der Waals surface area contributed by atoms with E-state index >= 15 is 0 Å². The fourth-order valence-electron chi connectivity index (χ4n) is 1.56. The van der Waals surface area contributed by atoms with E-state index in [1.165, 1.54) is 6.26 Å². The summed E-state index contributed by atoms with van der Waals surface area (Å²) in [6, 6.07) is 0. The SMILES string of the molecule is CC(C)(C)C1CCC(S(C)(=O)=O)S1. The third-order valence-corrected chi connectivity index (χ3v) is 6.81. The molecule has 0 N–H and O–H groups in total. The first kappa shape index (κ1) is 11.4. The van der Waals surface area contributed by atoms with E-state index in [1.807, 2.05) is 0 Å². The summed E-state index contributed by atoms with van der Waals surface area (Å²) in [4.78, 5) is 0. The van der Waals surface area contributed by atoms with Crippen LogP contribution in [0.15, 0.2) is 0 Å². The van der Waals surface area contributed by atoms with Crippen LogP contribution in [0.3, 0.4) is 0 Å². The monoisotopic (exact) mass is 222 g/mol. The van der Waals surface area contributed by atoms with Gasteiger partial charge in [0.05, 0.1) is 0 Å². The molecule has 0 aromatic heterocycles. The lowest BCUT2D eigenvalue weighted by Crippen LogP contribution is -2.21. The molecular weight excluding hydrogens is 204 g/mol. The fourth-order valence-corrected chi connectivity index (χ4v) is 4.65. The second-order valence-corrected chi connectivity index (χ2v) is 8.76. The van der Waals surface area contributed by atoms with Crippen LogP contribution in [0, 0.1) is 5.41 Å². The minimum Gasteiger partial charge on any atom is -0.228 e. The summed E-state index contributed by atoms with van der Waals surface area (Å²) < 4.78 is 22.4. The Labute approximate surface area is 85.4 Å². The average Bonchev–Trinajstić information content (AvgIpc) is 2.28. The molecule has 1 rings (SSSR count). The molecule has 0 aliphatic carbocycles. The van der Waals surface area contributed by atoms with Crippen molar-refractivity contribution in [3.63, 3.8) is 0 Å². The third kappa shape index (κ3) is 2.88. The highest BCUT2D eigenvalue weighted by Gasteiger charge is 2.37. The summed E-state index contributed by atoms with van der Waals surface area (Å²) in [7, 11) is -2.83. The van der Waals surface area contributed by atoms with E-state index in [0.29, 0.717) is 5.25 Å². The second kappa shape index (κ2) is 3.46. The van der Waals surface area contributed by atoms with Gasteiger partial charge in [0, 0.05) is 11.5 Å². The zero-order valence-corrected chi connectivity index (χ0v) is 10.3. The van der Waals surface area contributed by atoms with Gasteiger partial charge in [-0.1, -0.05) is 20.8 Å². The first-order chi connectivity index (χ1) is 5.71. The molecule has 0 amide bonds. The van der Waals surface area contributed by atoms with Crippen molar-refractivity contribution in [1.29, 1.82) is 0 Å². The highest BCUT2D eigenvalue weighted by molar-refractivity contribution is 8.13. The van der Waals surface area contributed by atoms with Crippen LogP contribution in [0.4, 0.5) is 0 Å². The molecule has 1 heterocycles. The van der Waals surface area contributed by atoms with Gasteiger partial charge in [-0.2, -0.15) is 0 Å². The van der Waals surface area contributed by atoms with E-state index in [-0.39, 0.29) is 10.00 Å². The standard InChI is InChI=1S/C9H18O2S2/c1-9(2,3)7-5-6-8(12-7)13(4,10)11/h7-8H,5-6H2,1-4H3. The molecule has 13 heavy (non-hydrogen) atoms. The Morgan fingerprint density at radius 2 is 1.77 bits per heavy atom. The fraction of sp³-hybridized carbons (Fsp3) is 1.00. The first-order valence-electron chi connectivity index (χ1n) is 4.55. The summed E-state index contributed by atoms with van der Waals surface area (Å²) in [6.07, 6.45) is 3.20. The molecule has 1 aliphatic heterocycles. The van der Waals surface area contributed by atoms with Crippen LogP contribution < -0.4 is 0 Å². The molecule has 4 heteroatoms. The van der Waals surface area contributed by atoms with E-state index in [4.69, 9.17) is 0 Å². The number of thioether (sulfide) groups is 1. The number of sulfone groups is 1. The van der Waals surface area contributed by atoms with Gasteiger partial charge in [-0.25, -0.2) is 8.42 Å². The first-order valence-corrected chi connectivity index (χ1v) is 7.45. The topological polar surface area (TPSA) is 34.1 Å². The summed E-state index contributed by atoms with van der Waals surface area (Å²) in [5.74, 6) is 0. The van der Waals surface area contributed by atoms with Crippen molar-refractivity contribution in [2.24, 2.45) is 5.41 Å². The summed E-state index contributed by atoms with van der Waals surface area (Å²) in [5.41, 5.74) is 0.226. The zero-order chi connectivity index (χ0) is 10.3. The number of hydrogen-bond donors (Lipinski definition) is 0. The maximum absolute atomic E-state index is 11.3. The smallest absolute Gasteiger partial charge is 0.159 e. The van der Waals surface area contributed by atoms with E-state index < -0.39 is 9.84 Å². The predicted octanol–water partition coefficient (Wildman–Crippen LogP) is 2.30. The molecule has 0 bridgehead atoms. The minimum atomic E-state index is -2.83. The third-order valence-electron chi connectivity index (χ3n) is 2.42. The minimum absolute atomic E-state index is 0.156. The van der Waals surface area contributed by atoms with Crippen molar-refractivity contribution in [3.8, 4) is 0 Å². The Kier molecular flexibility index (Phi) is 3.03. The lowest BCUT2D eigenvalue weighted by molar-refractivity contribution is 0.386. The molecule has 0 saturated carbocycles. The van der Waals surface area contributed by atoms with Gasteiger partial charge >= 0.3 is 0 Å². The normalized spacial score (nSPS) is 30.8. The molecule has 2 unspecified atom stereocenters. The number of rotatable bonds is 1. The van der Waals surface area contributed by atoms with E-state index in [2.05, 4.69) is 20.8 Å². The van der Waals surface area contributed by atoms with Gasteiger partial charge in [0.2, 0.25) is 0 Å². The predicted molar refractivity (Wildman–Crippen MR) is 58.7 cm³/mol. The van der Waals surface area contributed by atoms with Crippen LogP contribution in [0.5, 0.6) is 0 Å². The summed E-state index contributed by atoms with van der Waals surface area (Å²) in [5, 5.41) is 0.493. The molecule has 78 valence electrons. The molecule has 0 aromatic carbocycles. The van der Waals surface area contributed by atoms with Crippen molar-refractivity contribution >= 4 is 21.6 Å². The quantitative estimate of drug-likeness (QED) is 0.682. The summed E-state index contributed by atoms with van der Waals surface area (Å²) >= 11 is 1.64. The van der Waals surface area contributed by atoms with Crippen molar-refractivity contribution in [2.45, 2.75) is 43.4 Å². The van der Waals surface area contributed by atoms with E-state index in [9.17, 15) is 8.42 Å². The van der Waals surface area contributed by atoms with Crippen LogP contribution in [0.2, 0.25) is 0 Å². The Morgan fingerprint density at radius 1 is 1.23 bits per heavy atom.